The number of carbonyl (C=O) groups is 1. The highest BCUT2D eigenvalue weighted by molar-refractivity contribution is 6.00. The SMILES string of the molecule is Cc1cncc(C(=O)C(C)(C)C(C)(C)N)c1. The fourth-order valence-electron chi connectivity index (χ4n) is 1.33. The lowest BCUT2D eigenvalue weighted by atomic mass is 9.70. The van der Waals surface area contributed by atoms with Crippen molar-refractivity contribution in [3.8, 4) is 0 Å². The normalized spacial score (nSPS) is 12.6. The topological polar surface area (TPSA) is 56.0 Å². The van der Waals surface area contributed by atoms with Crippen LogP contribution in [-0.2, 0) is 0 Å². The van der Waals surface area contributed by atoms with Gasteiger partial charge >= 0.3 is 0 Å². The minimum atomic E-state index is -0.609. The van der Waals surface area contributed by atoms with Gasteiger partial charge in [0.15, 0.2) is 5.78 Å². The summed E-state index contributed by atoms with van der Waals surface area (Å²) in [6, 6.07) is 1.85. The van der Waals surface area contributed by atoms with Crippen LogP contribution in [0.1, 0.15) is 43.6 Å². The predicted octanol–water partition coefficient (Wildman–Crippen LogP) is 2.34. The second kappa shape index (κ2) is 3.98. The zero-order chi connectivity index (χ0) is 12.6. The van der Waals surface area contributed by atoms with Crippen LogP contribution in [0.25, 0.3) is 0 Å². The Morgan fingerprint density at radius 3 is 2.25 bits per heavy atom. The van der Waals surface area contributed by atoms with Crippen LogP contribution < -0.4 is 5.73 Å². The number of nitrogens with two attached hydrogens (primary N) is 1. The van der Waals surface area contributed by atoms with E-state index in [-0.39, 0.29) is 5.78 Å². The molecule has 1 aromatic rings. The maximum absolute atomic E-state index is 12.3. The molecule has 0 aliphatic heterocycles. The number of hydrogen-bond donors (Lipinski definition) is 1. The summed E-state index contributed by atoms with van der Waals surface area (Å²) in [6.45, 7) is 9.40. The molecule has 0 aliphatic carbocycles. The van der Waals surface area contributed by atoms with E-state index in [1.165, 1.54) is 0 Å². The average Bonchev–Trinajstić information content (AvgIpc) is 2.14. The summed E-state index contributed by atoms with van der Waals surface area (Å²) in [4.78, 5) is 16.4. The Labute approximate surface area is 97.1 Å². The summed E-state index contributed by atoms with van der Waals surface area (Å²) >= 11 is 0. The molecule has 16 heavy (non-hydrogen) atoms. The number of aromatic nitrogens is 1. The molecule has 2 N–H and O–H groups in total. The van der Waals surface area contributed by atoms with Gasteiger partial charge < -0.3 is 5.73 Å². The molecule has 0 aliphatic rings. The van der Waals surface area contributed by atoms with Crippen LogP contribution in [-0.4, -0.2) is 16.3 Å². The Bertz CT molecular complexity index is 403. The molecule has 0 radical (unpaired) electrons. The molecular formula is C13H20N2O. The van der Waals surface area contributed by atoms with Gasteiger partial charge in [0.25, 0.3) is 0 Å². The first-order valence-electron chi connectivity index (χ1n) is 5.41. The number of nitrogens with zero attached hydrogens (tertiary/aromatic N) is 1. The van der Waals surface area contributed by atoms with Crippen molar-refractivity contribution in [2.45, 2.75) is 40.2 Å². The Kier molecular flexibility index (Phi) is 3.20. The lowest BCUT2D eigenvalue weighted by Crippen LogP contribution is -2.51. The van der Waals surface area contributed by atoms with Crippen molar-refractivity contribution in [3.05, 3.63) is 29.6 Å². The zero-order valence-electron chi connectivity index (χ0n) is 10.7. The minimum Gasteiger partial charge on any atom is -0.325 e. The van der Waals surface area contributed by atoms with Gasteiger partial charge in [0.1, 0.15) is 0 Å². The summed E-state index contributed by atoms with van der Waals surface area (Å²) in [6.07, 6.45) is 3.33. The second-order valence-electron chi connectivity index (χ2n) is 5.43. The van der Waals surface area contributed by atoms with Crippen molar-refractivity contribution >= 4 is 5.78 Å². The van der Waals surface area contributed by atoms with Crippen molar-refractivity contribution in [2.75, 3.05) is 0 Å². The van der Waals surface area contributed by atoms with Crippen molar-refractivity contribution in [3.63, 3.8) is 0 Å². The van der Waals surface area contributed by atoms with E-state index in [1.54, 1.807) is 12.4 Å². The van der Waals surface area contributed by atoms with Crippen LogP contribution in [0.15, 0.2) is 18.5 Å². The summed E-state index contributed by atoms with van der Waals surface area (Å²) in [5, 5.41) is 0. The summed E-state index contributed by atoms with van der Waals surface area (Å²) in [5.41, 5.74) is 6.49. The first-order chi connectivity index (χ1) is 7.16. The quantitative estimate of drug-likeness (QED) is 0.795. The van der Waals surface area contributed by atoms with Crippen molar-refractivity contribution in [1.29, 1.82) is 0 Å². The van der Waals surface area contributed by atoms with E-state index in [4.69, 9.17) is 5.73 Å². The predicted molar refractivity (Wildman–Crippen MR) is 65.4 cm³/mol. The Morgan fingerprint density at radius 2 is 1.81 bits per heavy atom. The van der Waals surface area contributed by atoms with Gasteiger partial charge in [0.05, 0.1) is 0 Å². The van der Waals surface area contributed by atoms with Crippen LogP contribution >= 0.6 is 0 Å². The third-order valence-electron chi connectivity index (χ3n) is 3.32. The lowest BCUT2D eigenvalue weighted by Gasteiger charge is -2.37. The zero-order valence-corrected chi connectivity index (χ0v) is 10.7. The number of ketones is 1. The molecule has 0 bridgehead atoms. The fraction of sp³-hybridized carbons (Fsp3) is 0.538. The van der Waals surface area contributed by atoms with Gasteiger partial charge in [-0.25, -0.2) is 0 Å². The van der Waals surface area contributed by atoms with Crippen LogP contribution in [0.2, 0.25) is 0 Å². The highest BCUT2D eigenvalue weighted by atomic mass is 16.1. The fourth-order valence-corrected chi connectivity index (χ4v) is 1.33. The molecule has 1 heterocycles. The maximum atomic E-state index is 12.3. The van der Waals surface area contributed by atoms with E-state index in [0.717, 1.165) is 5.56 Å². The maximum Gasteiger partial charge on any atom is 0.171 e. The number of hydrogen-bond acceptors (Lipinski definition) is 3. The van der Waals surface area contributed by atoms with Gasteiger partial charge in [-0.05, 0) is 32.4 Å². The first kappa shape index (κ1) is 12.8. The van der Waals surface area contributed by atoms with Crippen LogP contribution in [0.5, 0.6) is 0 Å². The molecule has 0 amide bonds. The van der Waals surface area contributed by atoms with E-state index < -0.39 is 11.0 Å². The molecule has 0 saturated heterocycles. The highest BCUT2D eigenvalue weighted by Gasteiger charge is 2.40. The molecule has 0 unspecified atom stereocenters. The third-order valence-corrected chi connectivity index (χ3v) is 3.32. The van der Waals surface area contributed by atoms with E-state index in [1.807, 2.05) is 40.7 Å². The highest BCUT2D eigenvalue weighted by Crippen LogP contribution is 2.32. The molecule has 0 fully saturated rings. The van der Waals surface area contributed by atoms with E-state index in [0.29, 0.717) is 5.56 Å². The van der Waals surface area contributed by atoms with E-state index in [2.05, 4.69) is 4.98 Å². The van der Waals surface area contributed by atoms with Gasteiger partial charge in [-0.1, -0.05) is 13.8 Å². The van der Waals surface area contributed by atoms with Crippen molar-refractivity contribution in [2.24, 2.45) is 11.1 Å². The van der Waals surface area contributed by atoms with E-state index in [9.17, 15) is 4.79 Å². The first-order valence-corrected chi connectivity index (χ1v) is 5.41. The number of aryl methyl sites for hydroxylation is 1. The minimum absolute atomic E-state index is 0.0381. The van der Waals surface area contributed by atoms with Crippen LogP contribution in [0.4, 0.5) is 0 Å². The second-order valence-corrected chi connectivity index (χ2v) is 5.43. The van der Waals surface area contributed by atoms with Gasteiger partial charge in [-0.15, -0.1) is 0 Å². The van der Waals surface area contributed by atoms with Gasteiger partial charge in [-0.2, -0.15) is 0 Å². The number of Topliss-reactive ketones (excluding diaryl/α,β-unsaturated/α-hetero) is 1. The summed E-state index contributed by atoms with van der Waals surface area (Å²) < 4.78 is 0. The molecule has 1 aromatic heterocycles. The third kappa shape index (κ3) is 2.30. The monoisotopic (exact) mass is 220 g/mol. The standard InChI is InChI=1S/C13H20N2O/c1-9-6-10(8-15-7-9)11(16)12(2,3)13(4,5)14/h6-8H,14H2,1-5H3. The largest absolute Gasteiger partial charge is 0.325 e. The molecule has 1 rings (SSSR count). The molecular weight excluding hydrogens is 200 g/mol. The molecule has 0 atom stereocenters. The van der Waals surface area contributed by atoms with Crippen LogP contribution in [0, 0.1) is 12.3 Å². The van der Waals surface area contributed by atoms with Crippen molar-refractivity contribution < 1.29 is 4.79 Å². The number of carbonyl (C=O) groups excluding carboxylic acids is 1. The van der Waals surface area contributed by atoms with Gasteiger partial charge in [0, 0.05) is 28.9 Å². The molecule has 0 saturated carbocycles. The average molecular weight is 220 g/mol. The van der Waals surface area contributed by atoms with Gasteiger partial charge in [0.2, 0.25) is 0 Å². The Balaban J connectivity index is 3.12. The van der Waals surface area contributed by atoms with Gasteiger partial charge in [-0.3, -0.25) is 9.78 Å². The Morgan fingerprint density at radius 1 is 1.25 bits per heavy atom. The van der Waals surface area contributed by atoms with E-state index >= 15 is 0 Å². The molecule has 3 heteroatoms. The van der Waals surface area contributed by atoms with Crippen LogP contribution in [0.3, 0.4) is 0 Å². The lowest BCUT2D eigenvalue weighted by molar-refractivity contribution is 0.0734. The molecule has 88 valence electrons. The summed E-state index contributed by atoms with van der Waals surface area (Å²) in [7, 11) is 0. The molecule has 0 spiro atoms. The molecule has 0 aromatic carbocycles. The smallest absolute Gasteiger partial charge is 0.171 e. The number of pyridine rings is 1. The Hall–Kier alpha value is -1.22. The summed E-state index contributed by atoms with van der Waals surface area (Å²) in [5.74, 6) is 0.0381. The molecule has 3 nitrogen and oxygen atoms in total. The number of rotatable bonds is 3. The van der Waals surface area contributed by atoms with Crippen molar-refractivity contribution in [1.82, 2.24) is 4.98 Å².